The van der Waals surface area contributed by atoms with Gasteiger partial charge in [0.1, 0.15) is 11.5 Å². The zero-order chi connectivity index (χ0) is 21.8. The fraction of sp³-hybridized carbons (Fsp3) is 0.280. The van der Waals surface area contributed by atoms with Gasteiger partial charge in [-0.25, -0.2) is 0 Å². The molecule has 6 nitrogen and oxygen atoms in total. The average Bonchev–Trinajstić information content (AvgIpc) is 3.61. The molecule has 4 heterocycles. The van der Waals surface area contributed by atoms with E-state index in [2.05, 4.69) is 10.1 Å². The van der Waals surface area contributed by atoms with Crippen LogP contribution in [0.4, 0.5) is 5.88 Å². The molecule has 1 fully saturated rings. The van der Waals surface area contributed by atoms with Crippen LogP contribution >= 0.6 is 11.3 Å². The summed E-state index contributed by atoms with van der Waals surface area (Å²) in [5.41, 5.74) is 2.71. The Hall–Kier alpha value is -3.32. The minimum Gasteiger partial charge on any atom is -0.467 e. The number of hydrogen-bond donors (Lipinski definition) is 0. The number of rotatable bonds is 7. The Morgan fingerprint density at radius 3 is 2.56 bits per heavy atom. The van der Waals surface area contributed by atoms with Gasteiger partial charge in [-0.2, -0.15) is 0 Å². The number of anilines is 1. The third-order valence-electron chi connectivity index (χ3n) is 5.75. The van der Waals surface area contributed by atoms with Crippen LogP contribution in [0.2, 0.25) is 0 Å². The number of piperidine rings is 1. The Bertz CT molecular complexity index is 1130. The molecule has 0 aliphatic carbocycles. The van der Waals surface area contributed by atoms with Crippen LogP contribution in [0.15, 0.2) is 75.2 Å². The summed E-state index contributed by atoms with van der Waals surface area (Å²) < 4.78 is 11.5. The third-order valence-corrected chi connectivity index (χ3v) is 6.61. The van der Waals surface area contributed by atoms with E-state index in [0.29, 0.717) is 18.0 Å². The van der Waals surface area contributed by atoms with E-state index in [1.807, 2.05) is 64.9 Å². The fourth-order valence-corrected chi connectivity index (χ4v) is 4.84. The highest BCUT2D eigenvalue weighted by Crippen LogP contribution is 2.34. The van der Waals surface area contributed by atoms with Crippen molar-refractivity contribution in [3.05, 3.63) is 82.4 Å². The summed E-state index contributed by atoms with van der Waals surface area (Å²) in [5.74, 6) is 1.49. The van der Waals surface area contributed by atoms with Crippen LogP contribution in [0.5, 0.6) is 0 Å². The predicted octanol–water partition coefficient (Wildman–Crippen LogP) is 5.83. The number of furan rings is 1. The van der Waals surface area contributed by atoms with E-state index < -0.39 is 0 Å². The molecule has 0 N–H and O–H groups in total. The molecule has 4 aromatic rings. The van der Waals surface area contributed by atoms with Crippen LogP contribution in [-0.2, 0) is 13.1 Å². The largest absolute Gasteiger partial charge is 0.467 e. The van der Waals surface area contributed by atoms with Crippen molar-refractivity contribution in [3.8, 4) is 11.3 Å². The summed E-state index contributed by atoms with van der Waals surface area (Å²) in [7, 11) is 0. The Balaban J connectivity index is 1.54. The molecule has 0 bridgehead atoms. The van der Waals surface area contributed by atoms with Crippen molar-refractivity contribution in [2.45, 2.75) is 32.4 Å². The lowest BCUT2D eigenvalue weighted by Crippen LogP contribution is -2.32. The van der Waals surface area contributed by atoms with Crippen molar-refractivity contribution in [1.29, 1.82) is 0 Å². The van der Waals surface area contributed by atoms with Gasteiger partial charge in [-0.3, -0.25) is 4.79 Å². The first-order valence-electron chi connectivity index (χ1n) is 10.9. The van der Waals surface area contributed by atoms with Gasteiger partial charge in [0.2, 0.25) is 5.88 Å². The van der Waals surface area contributed by atoms with E-state index >= 15 is 0 Å². The molecule has 0 unspecified atom stereocenters. The average molecular weight is 448 g/mol. The first-order chi connectivity index (χ1) is 15.8. The monoisotopic (exact) mass is 447 g/mol. The highest BCUT2D eigenvalue weighted by molar-refractivity contribution is 7.12. The molecular weight excluding hydrogens is 422 g/mol. The molecule has 32 heavy (non-hydrogen) atoms. The normalized spacial score (nSPS) is 13.9. The number of hydrogen-bond acceptors (Lipinski definition) is 6. The molecule has 7 heteroatoms. The van der Waals surface area contributed by atoms with Crippen molar-refractivity contribution in [2.75, 3.05) is 18.0 Å². The third kappa shape index (κ3) is 4.34. The molecule has 164 valence electrons. The van der Waals surface area contributed by atoms with Gasteiger partial charge in [0, 0.05) is 18.7 Å². The lowest BCUT2D eigenvalue weighted by atomic mass is 10.1. The van der Waals surface area contributed by atoms with E-state index in [4.69, 9.17) is 8.94 Å². The first-order valence-corrected chi connectivity index (χ1v) is 11.8. The minimum absolute atomic E-state index is 0.0267. The maximum atomic E-state index is 13.4. The van der Waals surface area contributed by atoms with Crippen LogP contribution in [-0.4, -0.2) is 29.1 Å². The van der Waals surface area contributed by atoms with Gasteiger partial charge in [0.05, 0.1) is 29.8 Å². The number of carbonyl (C=O) groups is 1. The second-order valence-electron chi connectivity index (χ2n) is 7.95. The SMILES string of the molecule is O=C(c1cccs1)N(Cc1ccco1)Cc1c(-c2ccccc2)noc1N1CCCCC1. The van der Waals surface area contributed by atoms with Gasteiger partial charge < -0.3 is 18.7 Å². The maximum absolute atomic E-state index is 13.4. The molecule has 1 saturated heterocycles. The molecule has 1 amide bonds. The van der Waals surface area contributed by atoms with Crippen molar-refractivity contribution in [1.82, 2.24) is 10.1 Å². The van der Waals surface area contributed by atoms with Gasteiger partial charge in [0.25, 0.3) is 5.91 Å². The first kappa shape index (κ1) is 20.6. The topological polar surface area (TPSA) is 62.7 Å². The molecule has 5 rings (SSSR count). The van der Waals surface area contributed by atoms with Crippen molar-refractivity contribution in [3.63, 3.8) is 0 Å². The second-order valence-corrected chi connectivity index (χ2v) is 8.89. The summed E-state index contributed by atoms with van der Waals surface area (Å²) >= 11 is 1.45. The predicted molar refractivity (Wildman–Crippen MR) is 125 cm³/mol. The van der Waals surface area contributed by atoms with Crippen LogP contribution in [0.3, 0.4) is 0 Å². The maximum Gasteiger partial charge on any atom is 0.264 e. The number of aromatic nitrogens is 1. The lowest BCUT2D eigenvalue weighted by Gasteiger charge is -2.28. The zero-order valence-electron chi connectivity index (χ0n) is 17.8. The van der Waals surface area contributed by atoms with E-state index in [0.717, 1.165) is 54.4 Å². The van der Waals surface area contributed by atoms with Gasteiger partial charge in [-0.15, -0.1) is 11.3 Å². The fourth-order valence-electron chi connectivity index (χ4n) is 4.15. The molecule has 0 spiro atoms. The number of amides is 1. The Labute approximate surface area is 191 Å². The molecule has 0 saturated carbocycles. The van der Waals surface area contributed by atoms with Crippen LogP contribution in [0.25, 0.3) is 11.3 Å². The summed E-state index contributed by atoms with van der Waals surface area (Å²) in [5, 5.41) is 6.38. The molecule has 1 aliphatic heterocycles. The Morgan fingerprint density at radius 1 is 1.00 bits per heavy atom. The molecule has 1 aromatic carbocycles. The molecular formula is C25H25N3O3S. The quantitative estimate of drug-likeness (QED) is 0.357. The van der Waals surface area contributed by atoms with E-state index in [9.17, 15) is 4.79 Å². The zero-order valence-corrected chi connectivity index (χ0v) is 18.6. The van der Waals surface area contributed by atoms with Crippen LogP contribution < -0.4 is 4.90 Å². The molecule has 0 radical (unpaired) electrons. The standard InChI is InChI=1S/C25H25N3O3S/c29-24(22-12-8-16-32-22)28(17-20-11-7-15-30-20)18-21-23(19-9-3-1-4-10-19)26-31-25(21)27-13-5-2-6-14-27/h1,3-4,7-12,15-16H,2,5-6,13-14,17-18H2. The smallest absolute Gasteiger partial charge is 0.264 e. The molecule has 3 aromatic heterocycles. The Morgan fingerprint density at radius 2 is 1.84 bits per heavy atom. The van der Waals surface area contributed by atoms with Crippen LogP contribution in [0, 0.1) is 0 Å². The van der Waals surface area contributed by atoms with E-state index in [1.54, 1.807) is 6.26 Å². The molecule has 1 aliphatic rings. The van der Waals surface area contributed by atoms with Crippen molar-refractivity contribution in [2.24, 2.45) is 0 Å². The highest BCUT2D eigenvalue weighted by Gasteiger charge is 2.28. The van der Waals surface area contributed by atoms with Gasteiger partial charge in [-0.1, -0.05) is 41.6 Å². The van der Waals surface area contributed by atoms with Gasteiger partial charge in [-0.05, 0) is 42.8 Å². The second kappa shape index (κ2) is 9.44. The number of carbonyl (C=O) groups excluding carboxylic acids is 1. The number of thiophene rings is 1. The Kier molecular flexibility index (Phi) is 6.07. The lowest BCUT2D eigenvalue weighted by molar-refractivity contribution is 0.0723. The van der Waals surface area contributed by atoms with E-state index in [1.165, 1.54) is 17.8 Å². The summed E-state index contributed by atoms with van der Waals surface area (Å²) in [6.45, 7) is 2.64. The van der Waals surface area contributed by atoms with Crippen LogP contribution in [0.1, 0.15) is 40.3 Å². The van der Waals surface area contributed by atoms with E-state index in [-0.39, 0.29) is 5.91 Å². The summed E-state index contributed by atoms with van der Waals surface area (Å²) in [4.78, 5) is 18.2. The minimum atomic E-state index is -0.0267. The number of nitrogens with zero attached hydrogens (tertiary/aromatic N) is 3. The van der Waals surface area contributed by atoms with Crippen molar-refractivity contribution < 1.29 is 13.7 Å². The summed E-state index contributed by atoms with van der Waals surface area (Å²) in [6, 6.07) is 17.5. The number of benzene rings is 1. The van der Waals surface area contributed by atoms with Crippen molar-refractivity contribution >= 4 is 23.1 Å². The van der Waals surface area contributed by atoms with Gasteiger partial charge >= 0.3 is 0 Å². The molecule has 0 atom stereocenters. The highest BCUT2D eigenvalue weighted by atomic mass is 32.1. The summed E-state index contributed by atoms with van der Waals surface area (Å²) in [6.07, 6.45) is 5.13. The van der Waals surface area contributed by atoms with Gasteiger partial charge in [0.15, 0.2) is 0 Å².